The van der Waals surface area contributed by atoms with Crippen LogP contribution in [0.25, 0.3) is 11.5 Å². The topological polar surface area (TPSA) is 55.6 Å². The van der Waals surface area contributed by atoms with Gasteiger partial charge in [0.15, 0.2) is 5.82 Å². The highest BCUT2D eigenvalue weighted by Gasteiger charge is 2.26. The molecule has 20 heavy (non-hydrogen) atoms. The molecule has 0 spiro atoms. The van der Waals surface area contributed by atoms with Crippen LogP contribution >= 0.6 is 0 Å². The molecule has 0 saturated heterocycles. The average Bonchev–Trinajstić information content (AvgIpc) is 3.22. The molecule has 1 aliphatic carbocycles. The molecule has 0 radical (unpaired) electrons. The largest absolute Gasteiger partial charge is 0.370 e. The molecular weight excluding hydrogens is 250 g/mol. The summed E-state index contributed by atoms with van der Waals surface area (Å²) in [5.74, 6) is 2.34. The molecule has 1 saturated carbocycles. The summed E-state index contributed by atoms with van der Waals surface area (Å²) in [6.07, 6.45) is 7.26. The fraction of sp³-hybridized carbons (Fsp3) is 0.533. The Balaban J connectivity index is 1.98. The highest BCUT2D eigenvalue weighted by molar-refractivity contribution is 5.53. The lowest BCUT2D eigenvalue weighted by Gasteiger charge is -2.10. The van der Waals surface area contributed by atoms with Crippen LogP contribution in [0.1, 0.15) is 44.7 Å². The minimum Gasteiger partial charge on any atom is -0.370 e. The van der Waals surface area contributed by atoms with Gasteiger partial charge in [0.25, 0.3) is 0 Å². The number of hydrogen-bond donors (Lipinski definition) is 1. The molecule has 1 N–H and O–H groups in total. The van der Waals surface area contributed by atoms with Crippen molar-refractivity contribution in [1.82, 2.24) is 19.5 Å². The molecule has 5 heteroatoms. The number of nitrogens with one attached hydrogen (secondary N) is 1. The molecule has 0 atom stereocenters. The molecule has 106 valence electrons. The van der Waals surface area contributed by atoms with Crippen molar-refractivity contribution in [2.45, 2.75) is 45.6 Å². The van der Waals surface area contributed by atoms with E-state index in [2.05, 4.69) is 39.8 Å². The predicted molar refractivity (Wildman–Crippen MR) is 79.7 cm³/mol. The smallest absolute Gasteiger partial charge is 0.180 e. The summed E-state index contributed by atoms with van der Waals surface area (Å²) in [4.78, 5) is 13.6. The number of imidazole rings is 1. The van der Waals surface area contributed by atoms with Crippen molar-refractivity contribution in [2.75, 3.05) is 11.9 Å². The maximum absolute atomic E-state index is 4.74. The summed E-state index contributed by atoms with van der Waals surface area (Å²) in [7, 11) is 0. The van der Waals surface area contributed by atoms with Gasteiger partial charge in [0.05, 0.1) is 12.5 Å². The van der Waals surface area contributed by atoms with E-state index in [4.69, 9.17) is 4.98 Å². The molecule has 0 amide bonds. The third-order valence-corrected chi connectivity index (χ3v) is 3.58. The first-order valence-corrected chi connectivity index (χ1v) is 7.45. The van der Waals surface area contributed by atoms with Crippen molar-refractivity contribution < 1.29 is 0 Å². The van der Waals surface area contributed by atoms with Gasteiger partial charge in [-0.05, 0) is 26.2 Å². The fourth-order valence-electron chi connectivity index (χ4n) is 2.27. The van der Waals surface area contributed by atoms with Crippen LogP contribution in [0.4, 0.5) is 5.82 Å². The van der Waals surface area contributed by atoms with E-state index >= 15 is 0 Å². The van der Waals surface area contributed by atoms with Gasteiger partial charge in [-0.2, -0.15) is 0 Å². The Morgan fingerprint density at radius 2 is 2.15 bits per heavy atom. The minimum absolute atomic E-state index is 0.622. The molecule has 5 nitrogen and oxygen atoms in total. The van der Waals surface area contributed by atoms with Crippen molar-refractivity contribution in [3.63, 3.8) is 0 Å². The first-order chi connectivity index (χ1) is 9.81. The second-order valence-corrected chi connectivity index (χ2v) is 5.27. The molecule has 3 rings (SSSR count). The Kier molecular flexibility index (Phi) is 3.67. The van der Waals surface area contributed by atoms with Crippen LogP contribution in [-0.2, 0) is 6.54 Å². The standard InChI is InChI=1S/C15H21N5/c1-3-7-17-14-8-12(11-5-6-11)18-15(19-14)13-9-16-10-20(13)4-2/h8-11H,3-7H2,1-2H3,(H,17,18,19). The molecule has 0 aromatic carbocycles. The Morgan fingerprint density at radius 1 is 1.30 bits per heavy atom. The quantitative estimate of drug-likeness (QED) is 0.877. The summed E-state index contributed by atoms with van der Waals surface area (Å²) in [5, 5.41) is 3.38. The lowest BCUT2D eigenvalue weighted by atomic mass is 10.2. The first-order valence-electron chi connectivity index (χ1n) is 7.45. The zero-order valence-corrected chi connectivity index (χ0v) is 12.1. The van der Waals surface area contributed by atoms with Crippen LogP contribution in [0.15, 0.2) is 18.6 Å². The van der Waals surface area contributed by atoms with Crippen molar-refractivity contribution >= 4 is 5.82 Å². The van der Waals surface area contributed by atoms with E-state index in [9.17, 15) is 0 Å². The predicted octanol–water partition coefficient (Wildman–Crippen LogP) is 3.06. The Morgan fingerprint density at radius 3 is 2.85 bits per heavy atom. The van der Waals surface area contributed by atoms with E-state index in [0.29, 0.717) is 5.92 Å². The highest BCUT2D eigenvalue weighted by Crippen LogP contribution is 2.40. The van der Waals surface area contributed by atoms with Gasteiger partial charge in [-0.1, -0.05) is 6.92 Å². The van der Waals surface area contributed by atoms with Crippen molar-refractivity contribution in [3.8, 4) is 11.5 Å². The number of rotatable bonds is 6. The van der Waals surface area contributed by atoms with E-state index in [1.54, 1.807) is 0 Å². The van der Waals surface area contributed by atoms with E-state index < -0.39 is 0 Å². The summed E-state index contributed by atoms with van der Waals surface area (Å²) in [5.41, 5.74) is 2.16. The fourth-order valence-corrected chi connectivity index (χ4v) is 2.27. The Bertz CT molecular complexity index is 586. The lowest BCUT2D eigenvalue weighted by Crippen LogP contribution is -2.07. The summed E-state index contributed by atoms with van der Waals surface area (Å²) in [6, 6.07) is 2.10. The zero-order valence-electron chi connectivity index (χ0n) is 12.1. The molecule has 2 aromatic heterocycles. The molecule has 0 aliphatic heterocycles. The van der Waals surface area contributed by atoms with Crippen LogP contribution in [0, 0.1) is 0 Å². The van der Waals surface area contributed by atoms with Gasteiger partial charge in [0, 0.05) is 30.8 Å². The van der Waals surface area contributed by atoms with Crippen molar-refractivity contribution in [2.24, 2.45) is 0 Å². The zero-order chi connectivity index (χ0) is 13.9. The summed E-state index contributed by atoms with van der Waals surface area (Å²) >= 11 is 0. The first kappa shape index (κ1) is 13.1. The Labute approximate surface area is 119 Å². The highest BCUT2D eigenvalue weighted by atomic mass is 15.1. The molecule has 0 unspecified atom stereocenters. The second kappa shape index (κ2) is 5.61. The second-order valence-electron chi connectivity index (χ2n) is 5.27. The van der Waals surface area contributed by atoms with Crippen molar-refractivity contribution in [3.05, 3.63) is 24.3 Å². The molecule has 2 heterocycles. The number of aryl methyl sites for hydroxylation is 1. The minimum atomic E-state index is 0.622. The van der Waals surface area contributed by atoms with E-state index in [0.717, 1.165) is 42.5 Å². The monoisotopic (exact) mass is 271 g/mol. The molecule has 1 aliphatic rings. The number of anilines is 1. The van der Waals surface area contributed by atoms with E-state index in [1.165, 1.54) is 12.8 Å². The van der Waals surface area contributed by atoms with Crippen LogP contribution in [0.3, 0.4) is 0 Å². The van der Waals surface area contributed by atoms with Gasteiger partial charge < -0.3 is 9.88 Å². The SMILES string of the molecule is CCCNc1cc(C2CC2)nc(-c2cncn2CC)n1. The molecule has 1 fully saturated rings. The molecular formula is C15H21N5. The maximum Gasteiger partial charge on any atom is 0.180 e. The number of aromatic nitrogens is 4. The van der Waals surface area contributed by atoms with Crippen LogP contribution in [-0.4, -0.2) is 26.1 Å². The number of nitrogens with zero attached hydrogens (tertiary/aromatic N) is 4. The van der Waals surface area contributed by atoms with Gasteiger partial charge in [-0.25, -0.2) is 15.0 Å². The third kappa shape index (κ3) is 2.66. The van der Waals surface area contributed by atoms with Crippen LogP contribution < -0.4 is 5.32 Å². The van der Waals surface area contributed by atoms with Gasteiger partial charge in [-0.15, -0.1) is 0 Å². The maximum atomic E-state index is 4.74. The van der Waals surface area contributed by atoms with E-state index in [1.807, 2.05) is 12.5 Å². The number of hydrogen-bond acceptors (Lipinski definition) is 4. The summed E-state index contributed by atoms with van der Waals surface area (Å²) in [6.45, 7) is 6.08. The van der Waals surface area contributed by atoms with E-state index in [-0.39, 0.29) is 0 Å². The normalized spacial score (nSPS) is 14.5. The van der Waals surface area contributed by atoms with Gasteiger partial charge in [-0.3, -0.25) is 0 Å². The average molecular weight is 271 g/mol. The van der Waals surface area contributed by atoms with Gasteiger partial charge in [0.1, 0.15) is 11.5 Å². The van der Waals surface area contributed by atoms with Crippen molar-refractivity contribution in [1.29, 1.82) is 0 Å². The molecule has 2 aromatic rings. The lowest BCUT2D eigenvalue weighted by molar-refractivity contribution is 0.762. The van der Waals surface area contributed by atoms with Gasteiger partial charge >= 0.3 is 0 Å². The van der Waals surface area contributed by atoms with Crippen LogP contribution in [0.2, 0.25) is 0 Å². The summed E-state index contributed by atoms with van der Waals surface area (Å²) < 4.78 is 2.08. The van der Waals surface area contributed by atoms with Crippen LogP contribution in [0.5, 0.6) is 0 Å². The van der Waals surface area contributed by atoms with Gasteiger partial charge in [0.2, 0.25) is 0 Å². The third-order valence-electron chi connectivity index (χ3n) is 3.58. The molecule has 0 bridgehead atoms. The Hall–Kier alpha value is -1.91.